The first-order valence-electron chi connectivity index (χ1n) is 10.5. The lowest BCUT2D eigenvalue weighted by Crippen LogP contribution is -2.47. The van der Waals surface area contributed by atoms with Gasteiger partial charge in [0.1, 0.15) is 18.1 Å². The van der Waals surface area contributed by atoms with Gasteiger partial charge in [0.05, 0.1) is 6.61 Å². The average molecular weight is 388 g/mol. The van der Waals surface area contributed by atoms with Gasteiger partial charge in [-0.15, -0.1) is 0 Å². The van der Waals surface area contributed by atoms with Gasteiger partial charge < -0.3 is 15.2 Å². The molecule has 1 aromatic carbocycles. The number of hydrogen-bond acceptors (Lipinski definition) is 5. The number of unbranched alkanes of at least 4 members (excludes halogenated alkanes) is 1. The van der Waals surface area contributed by atoms with Gasteiger partial charge >= 0.3 is 0 Å². The highest BCUT2D eigenvalue weighted by molar-refractivity contribution is 6.06. The molecule has 1 heterocycles. The molecular formula is C22H33N3O3. The SMILES string of the molecule is CCCCOc1ccc(OCC2(CC3CCCCC3)N=C(N)N(C)C2=O)cc1. The molecule has 0 aromatic heterocycles. The molecule has 1 aliphatic heterocycles. The Kier molecular flexibility index (Phi) is 6.81. The van der Waals surface area contributed by atoms with E-state index in [1.54, 1.807) is 7.05 Å². The van der Waals surface area contributed by atoms with Crippen molar-refractivity contribution in [3.8, 4) is 11.5 Å². The van der Waals surface area contributed by atoms with Crippen LogP contribution in [0, 0.1) is 5.92 Å². The number of guanidine groups is 1. The average Bonchev–Trinajstić information content (AvgIpc) is 2.92. The van der Waals surface area contributed by atoms with E-state index in [1.165, 1.54) is 24.2 Å². The van der Waals surface area contributed by atoms with Crippen molar-refractivity contribution in [2.75, 3.05) is 20.3 Å². The number of carbonyl (C=O) groups is 1. The number of aliphatic imine (C=N–C) groups is 1. The summed E-state index contributed by atoms with van der Waals surface area (Å²) in [4.78, 5) is 19.0. The van der Waals surface area contributed by atoms with E-state index in [9.17, 15) is 4.79 Å². The standard InChI is InChI=1S/C22H33N3O3/c1-3-4-14-27-18-10-12-19(13-11-18)28-16-22(15-17-8-6-5-7-9-17)20(26)25(2)21(23)24-22/h10-13,17H,3-9,14-16H2,1-2H3,(H2,23,24). The third-order valence-electron chi connectivity index (χ3n) is 5.79. The van der Waals surface area contributed by atoms with Crippen molar-refractivity contribution < 1.29 is 14.3 Å². The molecule has 2 aliphatic rings. The molecule has 1 aromatic rings. The molecule has 3 rings (SSSR count). The maximum absolute atomic E-state index is 13.0. The number of ether oxygens (including phenoxy) is 2. The van der Waals surface area contributed by atoms with Crippen LogP contribution in [0.15, 0.2) is 29.3 Å². The second-order valence-corrected chi connectivity index (χ2v) is 8.04. The fourth-order valence-electron chi connectivity index (χ4n) is 4.08. The van der Waals surface area contributed by atoms with Gasteiger partial charge in [-0.25, -0.2) is 4.99 Å². The summed E-state index contributed by atoms with van der Waals surface area (Å²) in [5.41, 5.74) is 5.07. The highest BCUT2D eigenvalue weighted by atomic mass is 16.5. The topological polar surface area (TPSA) is 77.2 Å². The Morgan fingerprint density at radius 3 is 2.36 bits per heavy atom. The lowest BCUT2D eigenvalue weighted by atomic mass is 9.79. The number of benzene rings is 1. The van der Waals surface area contributed by atoms with Gasteiger partial charge in [-0.3, -0.25) is 9.69 Å². The molecule has 0 spiro atoms. The zero-order chi connectivity index (χ0) is 20.0. The fraction of sp³-hybridized carbons (Fsp3) is 0.636. The van der Waals surface area contributed by atoms with Crippen LogP contribution in [0.25, 0.3) is 0 Å². The minimum atomic E-state index is -0.906. The molecule has 0 bridgehead atoms. The van der Waals surface area contributed by atoms with Crippen LogP contribution in [0.2, 0.25) is 0 Å². The van der Waals surface area contributed by atoms with Crippen molar-refractivity contribution in [2.45, 2.75) is 63.8 Å². The largest absolute Gasteiger partial charge is 0.494 e. The van der Waals surface area contributed by atoms with Crippen LogP contribution in [0.5, 0.6) is 11.5 Å². The smallest absolute Gasteiger partial charge is 0.260 e. The van der Waals surface area contributed by atoms with Crippen molar-refractivity contribution in [3.63, 3.8) is 0 Å². The number of nitrogens with two attached hydrogens (primary N) is 1. The summed E-state index contributed by atoms with van der Waals surface area (Å²) < 4.78 is 11.7. The summed E-state index contributed by atoms with van der Waals surface area (Å²) in [6.45, 7) is 3.07. The molecule has 1 amide bonds. The monoisotopic (exact) mass is 387 g/mol. The van der Waals surface area contributed by atoms with Crippen LogP contribution in [0.4, 0.5) is 0 Å². The summed E-state index contributed by atoms with van der Waals surface area (Å²) in [7, 11) is 1.69. The molecule has 1 unspecified atom stereocenters. The van der Waals surface area contributed by atoms with E-state index in [2.05, 4.69) is 11.9 Å². The van der Waals surface area contributed by atoms with E-state index >= 15 is 0 Å². The number of rotatable bonds is 9. The van der Waals surface area contributed by atoms with Gasteiger partial charge in [-0.05, 0) is 43.0 Å². The highest BCUT2D eigenvalue weighted by Gasteiger charge is 2.48. The number of likely N-dealkylation sites (N-methyl/N-ethyl adjacent to an activating group) is 1. The number of nitrogens with zero attached hydrogens (tertiary/aromatic N) is 2. The summed E-state index contributed by atoms with van der Waals surface area (Å²) in [5, 5.41) is 0. The van der Waals surface area contributed by atoms with Crippen LogP contribution in [-0.2, 0) is 4.79 Å². The first-order chi connectivity index (χ1) is 13.5. The lowest BCUT2D eigenvalue weighted by Gasteiger charge is -2.31. The van der Waals surface area contributed by atoms with Crippen LogP contribution in [0.1, 0.15) is 58.3 Å². The van der Waals surface area contributed by atoms with Crippen molar-refractivity contribution in [1.82, 2.24) is 4.90 Å². The van der Waals surface area contributed by atoms with E-state index < -0.39 is 5.54 Å². The van der Waals surface area contributed by atoms with Gasteiger partial charge in [0.25, 0.3) is 5.91 Å². The summed E-state index contributed by atoms with van der Waals surface area (Å²) in [6.07, 6.45) is 8.89. The minimum absolute atomic E-state index is 0.0601. The van der Waals surface area contributed by atoms with Gasteiger partial charge in [0, 0.05) is 7.05 Å². The van der Waals surface area contributed by atoms with Gasteiger partial charge in [0.15, 0.2) is 11.5 Å². The molecule has 1 aliphatic carbocycles. The Labute approximate surface area is 168 Å². The second kappa shape index (κ2) is 9.30. The Morgan fingerprint density at radius 2 is 1.79 bits per heavy atom. The Morgan fingerprint density at radius 1 is 1.14 bits per heavy atom. The molecule has 1 atom stereocenters. The molecule has 154 valence electrons. The molecule has 28 heavy (non-hydrogen) atoms. The molecule has 6 heteroatoms. The molecule has 0 saturated heterocycles. The van der Waals surface area contributed by atoms with Crippen molar-refractivity contribution >= 4 is 11.9 Å². The molecular weight excluding hydrogens is 354 g/mol. The summed E-state index contributed by atoms with van der Waals surface area (Å²) >= 11 is 0. The van der Waals surface area contributed by atoms with Crippen LogP contribution in [0.3, 0.4) is 0 Å². The van der Waals surface area contributed by atoms with Crippen LogP contribution in [-0.4, -0.2) is 42.6 Å². The van der Waals surface area contributed by atoms with E-state index in [0.717, 1.165) is 38.0 Å². The Bertz CT molecular complexity index is 683. The van der Waals surface area contributed by atoms with E-state index in [1.807, 2.05) is 24.3 Å². The fourth-order valence-corrected chi connectivity index (χ4v) is 4.08. The van der Waals surface area contributed by atoms with Gasteiger partial charge in [0.2, 0.25) is 0 Å². The lowest BCUT2D eigenvalue weighted by molar-refractivity contribution is -0.132. The first-order valence-corrected chi connectivity index (χ1v) is 10.5. The Balaban J connectivity index is 1.66. The molecule has 1 fully saturated rings. The Hall–Kier alpha value is -2.24. The van der Waals surface area contributed by atoms with E-state index in [4.69, 9.17) is 15.2 Å². The number of amides is 1. The third kappa shape index (κ3) is 4.78. The highest BCUT2D eigenvalue weighted by Crippen LogP contribution is 2.36. The van der Waals surface area contributed by atoms with Crippen molar-refractivity contribution in [2.24, 2.45) is 16.6 Å². The maximum atomic E-state index is 13.0. The molecule has 1 saturated carbocycles. The third-order valence-corrected chi connectivity index (χ3v) is 5.79. The van der Waals surface area contributed by atoms with E-state index in [0.29, 0.717) is 18.1 Å². The molecule has 0 radical (unpaired) electrons. The zero-order valence-corrected chi connectivity index (χ0v) is 17.2. The van der Waals surface area contributed by atoms with Gasteiger partial charge in [-0.2, -0.15) is 0 Å². The molecule has 2 N–H and O–H groups in total. The molecule has 6 nitrogen and oxygen atoms in total. The predicted octanol–water partition coefficient (Wildman–Crippen LogP) is 3.74. The van der Waals surface area contributed by atoms with E-state index in [-0.39, 0.29) is 18.5 Å². The minimum Gasteiger partial charge on any atom is -0.494 e. The van der Waals surface area contributed by atoms with Crippen molar-refractivity contribution in [3.05, 3.63) is 24.3 Å². The number of carbonyl (C=O) groups excluding carboxylic acids is 1. The summed E-state index contributed by atoms with van der Waals surface area (Å²) in [6, 6.07) is 7.57. The predicted molar refractivity (Wildman–Crippen MR) is 111 cm³/mol. The maximum Gasteiger partial charge on any atom is 0.260 e. The van der Waals surface area contributed by atoms with Crippen LogP contribution < -0.4 is 15.2 Å². The summed E-state index contributed by atoms with van der Waals surface area (Å²) in [5.74, 6) is 2.26. The van der Waals surface area contributed by atoms with Crippen molar-refractivity contribution in [1.29, 1.82) is 0 Å². The van der Waals surface area contributed by atoms with Gasteiger partial charge in [-0.1, -0.05) is 45.4 Å². The first kappa shape index (κ1) is 20.5. The zero-order valence-electron chi connectivity index (χ0n) is 17.2. The normalized spacial score (nSPS) is 23.0. The second-order valence-electron chi connectivity index (χ2n) is 8.04. The number of hydrogen-bond donors (Lipinski definition) is 1. The van der Waals surface area contributed by atoms with Crippen LogP contribution >= 0.6 is 0 Å². The quantitative estimate of drug-likeness (QED) is 0.655.